The predicted molar refractivity (Wildman–Crippen MR) is 68.3 cm³/mol. The lowest BCUT2D eigenvalue weighted by atomic mass is 9.93. The highest BCUT2D eigenvalue weighted by molar-refractivity contribution is 7.88. The van der Waals surface area contributed by atoms with Crippen LogP contribution in [0, 0.1) is 5.92 Å². The van der Waals surface area contributed by atoms with Crippen molar-refractivity contribution in [3.63, 3.8) is 0 Å². The molecule has 96 valence electrons. The molecule has 1 fully saturated rings. The minimum atomic E-state index is -3.00. The van der Waals surface area contributed by atoms with Gasteiger partial charge < -0.3 is 0 Å². The van der Waals surface area contributed by atoms with Crippen molar-refractivity contribution >= 4 is 21.6 Å². The van der Waals surface area contributed by atoms with Crippen LogP contribution in [-0.4, -0.2) is 37.4 Å². The molecule has 0 spiro atoms. The fourth-order valence-corrected chi connectivity index (χ4v) is 3.25. The average molecular weight is 268 g/mol. The summed E-state index contributed by atoms with van der Waals surface area (Å²) in [5.74, 6) is 0.497. The molecule has 0 saturated carbocycles. The van der Waals surface area contributed by atoms with E-state index in [9.17, 15) is 8.42 Å². The molecule has 1 aliphatic heterocycles. The molecule has 0 aromatic carbocycles. The van der Waals surface area contributed by atoms with E-state index in [4.69, 9.17) is 11.6 Å². The summed E-state index contributed by atoms with van der Waals surface area (Å²) in [5.41, 5.74) is 0. The summed E-state index contributed by atoms with van der Waals surface area (Å²) in [7, 11) is -3.00. The Labute approximate surface area is 104 Å². The molecule has 0 aliphatic carbocycles. The van der Waals surface area contributed by atoms with Crippen LogP contribution in [0.25, 0.3) is 0 Å². The molecule has 3 nitrogen and oxygen atoms in total. The molecule has 1 rings (SSSR count). The maximum Gasteiger partial charge on any atom is 0.211 e. The van der Waals surface area contributed by atoms with Gasteiger partial charge in [-0.05, 0) is 38.0 Å². The summed E-state index contributed by atoms with van der Waals surface area (Å²) >= 11 is 6.08. The zero-order valence-electron chi connectivity index (χ0n) is 10.2. The molecule has 5 heteroatoms. The van der Waals surface area contributed by atoms with Crippen molar-refractivity contribution in [2.75, 3.05) is 19.3 Å². The van der Waals surface area contributed by atoms with Crippen LogP contribution in [0.4, 0.5) is 0 Å². The molecule has 16 heavy (non-hydrogen) atoms. The number of hydrogen-bond donors (Lipinski definition) is 0. The molecule has 0 N–H and O–H groups in total. The first-order valence-corrected chi connectivity index (χ1v) is 8.31. The fourth-order valence-electron chi connectivity index (χ4n) is 2.18. The largest absolute Gasteiger partial charge is 0.213 e. The van der Waals surface area contributed by atoms with Gasteiger partial charge in [0.05, 0.1) is 6.26 Å². The quantitative estimate of drug-likeness (QED) is 0.718. The van der Waals surface area contributed by atoms with Gasteiger partial charge in [-0.2, -0.15) is 0 Å². The van der Waals surface area contributed by atoms with Gasteiger partial charge in [-0.1, -0.05) is 6.92 Å². The maximum absolute atomic E-state index is 11.4. The van der Waals surface area contributed by atoms with Crippen LogP contribution in [0.1, 0.15) is 39.0 Å². The van der Waals surface area contributed by atoms with Crippen LogP contribution >= 0.6 is 11.6 Å². The fraction of sp³-hybridized carbons (Fsp3) is 1.00. The van der Waals surface area contributed by atoms with Gasteiger partial charge in [0.2, 0.25) is 10.0 Å². The topological polar surface area (TPSA) is 37.4 Å². The van der Waals surface area contributed by atoms with Gasteiger partial charge in [0.1, 0.15) is 0 Å². The van der Waals surface area contributed by atoms with Crippen molar-refractivity contribution in [3.05, 3.63) is 0 Å². The summed E-state index contributed by atoms with van der Waals surface area (Å²) in [5, 5.41) is 0.244. The lowest BCUT2D eigenvalue weighted by Gasteiger charge is -2.31. The minimum Gasteiger partial charge on any atom is -0.213 e. The highest BCUT2D eigenvalue weighted by Gasteiger charge is 2.25. The zero-order valence-corrected chi connectivity index (χ0v) is 11.7. The second kappa shape index (κ2) is 6.22. The second-order valence-electron chi connectivity index (χ2n) is 4.71. The number of halogens is 1. The van der Waals surface area contributed by atoms with E-state index in [1.807, 2.05) is 0 Å². The van der Waals surface area contributed by atoms with Gasteiger partial charge >= 0.3 is 0 Å². The highest BCUT2D eigenvalue weighted by Crippen LogP contribution is 2.24. The Bertz CT molecular complexity index is 305. The van der Waals surface area contributed by atoms with Gasteiger partial charge in [-0.3, -0.25) is 0 Å². The van der Waals surface area contributed by atoms with Crippen molar-refractivity contribution < 1.29 is 8.42 Å². The Morgan fingerprint density at radius 3 is 2.75 bits per heavy atom. The molecular weight excluding hydrogens is 246 g/mol. The lowest BCUT2D eigenvalue weighted by molar-refractivity contribution is 0.253. The summed E-state index contributed by atoms with van der Waals surface area (Å²) in [6.45, 7) is 3.46. The molecule has 2 unspecified atom stereocenters. The number of hydrogen-bond acceptors (Lipinski definition) is 2. The maximum atomic E-state index is 11.4. The smallest absolute Gasteiger partial charge is 0.211 e. The second-order valence-corrected chi connectivity index (χ2v) is 7.31. The first-order chi connectivity index (χ1) is 7.43. The number of rotatable bonds is 5. The van der Waals surface area contributed by atoms with Crippen molar-refractivity contribution in [2.24, 2.45) is 5.92 Å². The third-order valence-corrected chi connectivity index (χ3v) is 5.08. The summed E-state index contributed by atoms with van der Waals surface area (Å²) in [6, 6.07) is 0. The average Bonchev–Trinajstić information content (AvgIpc) is 2.25. The van der Waals surface area contributed by atoms with Gasteiger partial charge in [-0.15, -0.1) is 11.6 Å². The highest BCUT2D eigenvalue weighted by atomic mass is 35.5. The normalized spacial score (nSPS) is 25.6. The Kier molecular flexibility index (Phi) is 5.54. The molecule has 1 heterocycles. The van der Waals surface area contributed by atoms with E-state index in [-0.39, 0.29) is 5.38 Å². The summed E-state index contributed by atoms with van der Waals surface area (Å²) < 4.78 is 24.5. The SMILES string of the molecule is CCC(Cl)CCC1CCCN(S(C)(=O)=O)C1. The van der Waals surface area contributed by atoms with Crippen molar-refractivity contribution in [2.45, 2.75) is 44.4 Å². The molecule has 1 saturated heterocycles. The molecule has 0 aromatic rings. The van der Waals surface area contributed by atoms with E-state index in [0.29, 0.717) is 19.0 Å². The predicted octanol–water partition coefficient (Wildman–Crippen LogP) is 2.46. The van der Waals surface area contributed by atoms with Crippen molar-refractivity contribution in [1.29, 1.82) is 0 Å². The van der Waals surface area contributed by atoms with Crippen molar-refractivity contribution in [3.8, 4) is 0 Å². The molecular formula is C11H22ClNO2S. The third-order valence-electron chi connectivity index (χ3n) is 3.28. The Morgan fingerprint density at radius 2 is 2.19 bits per heavy atom. The van der Waals surface area contributed by atoms with Gasteiger partial charge in [0.25, 0.3) is 0 Å². The Hall–Kier alpha value is 0.200. The molecule has 0 amide bonds. The van der Waals surface area contributed by atoms with E-state index in [1.165, 1.54) is 6.26 Å². The van der Waals surface area contributed by atoms with E-state index >= 15 is 0 Å². The van der Waals surface area contributed by atoms with Crippen LogP contribution in [0.2, 0.25) is 0 Å². The lowest BCUT2D eigenvalue weighted by Crippen LogP contribution is -2.39. The molecule has 0 aromatic heterocycles. The van der Waals surface area contributed by atoms with E-state index in [0.717, 1.165) is 32.1 Å². The Morgan fingerprint density at radius 1 is 1.50 bits per heavy atom. The van der Waals surface area contributed by atoms with Crippen LogP contribution in [0.5, 0.6) is 0 Å². The van der Waals surface area contributed by atoms with Crippen LogP contribution in [0.15, 0.2) is 0 Å². The summed E-state index contributed by atoms with van der Waals surface area (Å²) in [6.07, 6.45) is 6.46. The zero-order chi connectivity index (χ0) is 12.2. The minimum absolute atomic E-state index is 0.244. The summed E-state index contributed by atoms with van der Waals surface area (Å²) in [4.78, 5) is 0. The van der Waals surface area contributed by atoms with Crippen LogP contribution in [-0.2, 0) is 10.0 Å². The molecule has 2 atom stereocenters. The number of sulfonamides is 1. The molecule has 0 bridgehead atoms. The van der Waals surface area contributed by atoms with Crippen LogP contribution in [0.3, 0.4) is 0 Å². The number of alkyl halides is 1. The molecule has 0 radical (unpaired) electrons. The van der Waals surface area contributed by atoms with Gasteiger partial charge in [0.15, 0.2) is 0 Å². The Balaban J connectivity index is 2.39. The van der Waals surface area contributed by atoms with E-state index in [2.05, 4.69) is 6.92 Å². The third kappa shape index (κ3) is 4.60. The van der Waals surface area contributed by atoms with Gasteiger partial charge in [-0.25, -0.2) is 12.7 Å². The molecule has 1 aliphatic rings. The monoisotopic (exact) mass is 267 g/mol. The van der Waals surface area contributed by atoms with Gasteiger partial charge in [0, 0.05) is 18.5 Å². The number of nitrogens with zero attached hydrogens (tertiary/aromatic N) is 1. The number of piperidine rings is 1. The van der Waals surface area contributed by atoms with Crippen molar-refractivity contribution in [1.82, 2.24) is 4.31 Å². The van der Waals surface area contributed by atoms with E-state index in [1.54, 1.807) is 4.31 Å². The van der Waals surface area contributed by atoms with E-state index < -0.39 is 10.0 Å². The van der Waals surface area contributed by atoms with Crippen LogP contribution < -0.4 is 0 Å². The first kappa shape index (κ1) is 14.3. The first-order valence-electron chi connectivity index (χ1n) is 6.02. The standard InChI is InChI=1S/C11H22ClNO2S/c1-3-11(12)7-6-10-5-4-8-13(9-10)16(2,14)15/h10-11H,3-9H2,1-2H3.